The van der Waals surface area contributed by atoms with Gasteiger partial charge in [0.05, 0.1) is 5.54 Å². The molecule has 3 N–H and O–H groups in total. The van der Waals surface area contributed by atoms with Gasteiger partial charge in [0.1, 0.15) is 0 Å². The minimum atomic E-state index is -0.336. The molecule has 0 bridgehead atoms. The summed E-state index contributed by atoms with van der Waals surface area (Å²) in [5, 5.41) is 2.92. The van der Waals surface area contributed by atoms with Gasteiger partial charge in [-0.25, -0.2) is 0 Å². The molecule has 0 rings (SSSR count). The van der Waals surface area contributed by atoms with E-state index in [2.05, 4.69) is 5.32 Å². The minimum absolute atomic E-state index is 0.102. The number of amides is 1. The number of nitrogens with one attached hydrogen (secondary N) is 1. The van der Waals surface area contributed by atoms with Crippen LogP contribution in [-0.4, -0.2) is 18.0 Å². The highest BCUT2D eigenvalue weighted by Gasteiger charge is 2.27. The third kappa shape index (κ3) is 4.79. The topological polar surface area (TPSA) is 55.1 Å². The van der Waals surface area contributed by atoms with Crippen molar-refractivity contribution in [3.05, 3.63) is 24.3 Å². The van der Waals surface area contributed by atoms with Gasteiger partial charge in [0.2, 0.25) is 5.91 Å². The van der Waals surface area contributed by atoms with Crippen LogP contribution in [-0.2, 0) is 4.79 Å². The molecule has 0 aromatic carbocycles. The van der Waals surface area contributed by atoms with E-state index < -0.39 is 0 Å². The van der Waals surface area contributed by atoms with Crippen molar-refractivity contribution in [2.24, 2.45) is 11.7 Å². The van der Waals surface area contributed by atoms with Crippen molar-refractivity contribution < 1.29 is 4.79 Å². The Hall–Kier alpha value is -1.09. The molecule has 0 aliphatic heterocycles. The summed E-state index contributed by atoms with van der Waals surface area (Å²) >= 11 is 0. The van der Waals surface area contributed by atoms with Crippen LogP contribution >= 0.6 is 0 Å². The first-order valence-corrected chi connectivity index (χ1v) is 5.28. The summed E-state index contributed by atoms with van der Waals surface area (Å²) in [7, 11) is 0. The molecule has 0 spiro atoms. The van der Waals surface area contributed by atoms with Crippen LogP contribution in [0.25, 0.3) is 0 Å². The second-order valence-electron chi connectivity index (χ2n) is 4.15. The molecule has 1 atom stereocenters. The maximum absolute atomic E-state index is 11.5. The zero-order valence-corrected chi connectivity index (χ0v) is 10.1. The van der Waals surface area contributed by atoms with Crippen molar-refractivity contribution in [3.8, 4) is 0 Å². The van der Waals surface area contributed by atoms with E-state index in [1.54, 1.807) is 6.08 Å². The molecule has 1 unspecified atom stereocenters. The summed E-state index contributed by atoms with van der Waals surface area (Å²) in [6, 6.07) is 0. The Morgan fingerprint density at radius 1 is 1.47 bits per heavy atom. The molecule has 0 radical (unpaired) electrons. The van der Waals surface area contributed by atoms with E-state index in [4.69, 9.17) is 5.73 Å². The van der Waals surface area contributed by atoms with Crippen LogP contribution in [0.3, 0.4) is 0 Å². The molecular weight excluding hydrogens is 188 g/mol. The van der Waals surface area contributed by atoms with Crippen molar-refractivity contribution in [1.82, 2.24) is 5.32 Å². The van der Waals surface area contributed by atoms with Crippen molar-refractivity contribution in [2.75, 3.05) is 6.54 Å². The van der Waals surface area contributed by atoms with Crippen molar-refractivity contribution >= 4 is 5.91 Å². The molecule has 0 aromatic rings. The summed E-state index contributed by atoms with van der Waals surface area (Å²) in [5.41, 5.74) is 5.32. The molecule has 3 nitrogen and oxygen atoms in total. The van der Waals surface area contributed by atoms with Gasteiger partial charge in [0.25, 0.3) is 0 Å². The van der Waals surface area contributed by atoms with Gasteiger partial charge in [0, 0.05) is 12.6 Å². The predicted molar refractivity (Wildman–Crippen MR) is 64.4 cm³/mol. The van der Waals surface area contributed by atoms with E-state index in [1.807, 2.05) is 39.8 Å². The molecule has 0 aliphatic rings. The van der Waals surface area contributed by atoms with Crippen LogP contribution < -0.4 is 11.1 Å². The first kappa shape index (κ1) is 13.9. The maximum Gasteiger partial charge on any atom is 0.244 e. The first-order valence-electron chi connectivity index (χ1n) is 5.28. The fourth-order valence-corrected chi connectivity index (χ4v) is 1.01. The highest BCUT2D eigenvalue weighted by Crippen LogP contribution is 2.14. The zero-order valence-electron chi connectivity index (χ0n) is 10.1. The Labute approximate surface area is 92.4 Å². The van der Waals surface area contributed by atoms with E-state index in [1.165, 1.54) is 6.08 Å². The smallest absolute Gasteiger partial charge is 0.244 e. The number of rotatable bonds is 5. The molecule has 0 fully saturated rings. The van der Waals surface area contributed by atoms with Gasteiger partial charge < -0.3 is 11.1 Å². The van der Waals surface area contributed by atoms with Gasteiger partial charge in [-0.1, -0.05) is 32.1 Å². The molecule has 0 aromatic heterocycles. The van der Waals surface area contributed by atoms with Gasteiger partial charge in [0.15, 0.2) is 0 Å². The molecule has 0 saturated heterocycles. The van der Waals surface area contributed by atoms with Crippen LogP contribution in [0.4, 0.5) is 0 Å². The van der Waals surface area contributed by atoms with Crippen LogP contribution in [0, 0.1) is 5.92 Å². The van der Waals surface area contributed by atoms with Gasteiger partial charge in [-0.15, -0.1) is 0 Å². The number of hydrogen-bond acceptors (Lipinski definition) is 2. The number of carbonyl (C=O) groups is 1. The Balaban J connectivity index is 4.37. The molecule has 0 saturated carbocycles. The largest absolute Gasteiger partial charge is 0.346 e. The number of nitrogens with two attached hydrogens (primary N) is 1. The summed E-state index contributed by atoms with van der Waals surface area (Å²) in [6.45, 7) is 8.39. The molecular formula is C12H22N2O. The van der Waals surface area contributed by atoms with Crippen molar-refractivity contribution in [2.45, 2.75) is 33.2 Å². The van der Waals surface area contributed by atoms with Crippen molar-refractivity contribution in [3.63, 3.8) is 0 Å². The molecule has 0 aliphatic carbocycles. The number of allylic oxidation sites excluding steroid dienone is 3. The fourth-order valence-electron chi connectivity index (χ4n) is 1.01. The lowest BCUT2D eigenvalue weighted by molar-refractivity contribution is -0.118. The minimum Gasteiger partial charge on any atom is -0.346 e. The van der Waals surface area contributed by atoms with Crippen LogP contribution in [0.15, 0.2) is 24.3 Å². The summed E-state index contributed by atoms with van der Waals surface area (Å²) < 4.78 is 0. The molecule has 0 heterocycles. The van der Waals surface area contributed by atoms with Crippen LogP contribution in [0.5, 0.6) is 0 Å². The fraction of sp³-hybridized carbons (Fsp3) is 0.583. The van der Waals surface area contributed by atoms with Crippen molar-refractivity contribution in [1.29, 1.82) is 0 Å². The van der Waals surface area contributed by atoms with E-state index in [0.29, 0.717) is 12.5 Å². The van der Waals surface area contributed by atoms with Crippen LogP contribution in [0.2, 0.25) is 0 Å². The lowest BCUT2D eigenvalue weighted by Crippen LogP contribution is -2.54. The van der Waals surface area contributed by atoms with E-state index in [9.17, 15) is 4.79 Å². The van der Waals surface area contributed by atoms with E-state index in [-0.39, 0.29) is 11.4 Å². The first-order chi connectivity index (χ1) is 6.96. The SMILES string of the molecule is CC=CC=CC(=O)NC(C)(CN)C(C)C. The third-order valence-electron chi connectivity index (χ3n) is 2.66. The average Bonchev–Trinajstić information content (AvgIpc) is 2.17. The standard InChI is InChI=1S/C12H22N2O/c1-5-6-7-8-11(15)14-12(4,9-13)10(2)3/h5-8,10H,9,13H2,1-4H3,(H,14,15). The van der Waals surface area contributed by atoms with Gasteiger partial charge in [-0.05, 0) is 19.8 Å². The Bertz CT molecular complexity index is 256. The normalized spacial score (nSPS) is 16.1. The Kier molecular flexibility index (Phi) is 5.94. The molecule has 15 heavy (non-hydrogen) atoms. The van der Waals surface area contributed by atoms with Gasteiger partial charge in [-0.2, -0.15) is 0 Å². The maximum atomic E-state index is 11.5. The predicted octanol–water partition coefficient (Wildman–Crippen LogP) is 1.61. The summed E-state index contributed by atoms with van der Waals surface area (Å²) in [4.78, 5) is 11.5. The molecule has 86 valence electrons. The van der Waals surface area contributed by atoms with Crippen LogP contribution in [0.1, 0.15) is 27.7 Å². The quantitative estimate of drug-likeness (QED) is 0.535. The zero-order chi connectivity index (χ0) is 11.9. The average molecular weight is 210 g/mol. The van der Waals surface area contributed by atoms with E-state index >= 15 is 0 Å². The third-order valence-corrected chi connectivity index (χ3v) is 2.66. The second-order valence-corrected chi connectivity index (χ2v) is 4.15. The van der Waals surface area contributed by atoms with E-state index in [0.717, 1.165) is 0 Å². The second kappa shape index (κ2) is 6.40. The summed E-state index contributed by atoms with van der Waals surface area (Å²) in [5.74, 6) is 0.205. The highest BCUT2D eigenvalue weighted by molar-refractivity contribution is 5.88. The highest BCUT2D eigenvalue weighted by atomic mass is 16.1. The summed E-state index contributed by atoms with van der Waals surface area (Å²) in [6.07, 6.45) is 6.91. The molecule has 1 amide bonds. The number of hydrogen-bond donors (Lipinski definition) is 2. The number of carbonyl (C=O) groups excluding carboxylic acids is 1. The Morgan fingerprint density at radius 2 is 2.07 bits per heavy atom. The Morgan fingerprint density at radius 3 is 2.47 bits per heavy atom. The lowest BCUT2D eigenvalue weighted by atomic mass is 9.88. The lowest BCUT2D eigenvalue weighted by Gasteiger charge is -2.33. The van der Waals surface area contributed by atoms with Gasteiger partial charge in [-0.3, -0.25) is 4.79 Å². The monoisotopic (exact) mass is 210 g/mol. The molecule has 3 heteroatoms. The van der Waals surface area contributed by atoms with Gasteiger partial charge >= 0.3 is 0 Å².